The number of halogens is 2. The summed E-state index contributed by atoms with van der Waals surface area (Å²) in [6.45, 7) is 3.83. The Morgan fingerprint density at radius 3 is 2.78 bits per heavy atom. The van der Waals surface area contributed by atoms with Gasteiger partial charge in [0, 0.05) is 10.9 Å². The van der Waals surface area contributed by atoms with E-state index in [-0.39, 0.29) is 5.56 Å². The Labute approximate surface area is 108 Å². The van der Waals surface area contributed by atoms with Crippen LogP contribution in [0.1, 0.15) is 25.3 Å². The molecule has 1 heterocycles. The molecule has 0 saturated heterocycles. The average Bonchev–Trinajstić information content (AvgIpc) is 2.82. The molecule has 18 heavy (non-hydrogen) atoms. The predicted molar refractivity (Wildman–Crippen MR) is 69.3 cm³/mol. The molecule has 2 nitrogen and oxygen atoms in total. The van der Waals surface area contributed by atoms with Gasteiger partial charge in [0.15, 0.2) is 0 Å². The first-order valence-electron chi connectivity index (χ1n) is 5.64. The second-order valence-electron chi connectivity index (χ2n) is 4.43. The fourth-order valence-electron chi connectivity index (χ4n) is 1.50. The quantitative estimate of drug-likeness (QED) is 0.922. The van der Waals surface area contributed by atoms with Gasteiger partial charge in [0.05, 0.1) is 11.2 Å². The predicted octanol–water partition coefficient (Wildman–Crippen LogP) is 3.67. The van der Waals surface area contributed by atoms with Gasteiger partial charge >= 0.3 is 0 Å². The van der Waals surface area contributed by atoms with Crippen molar-refractivity contribution in [1.82, 2.24) is 4.98 Å². The molecule has 0 aliphatic rings. The second kappa shape index (κ2) is 4.74. The molecule has 0 radical (unpaired) electrons. The smallest absolute Gasteiger partial charge is 0.132 e. The number of hydrogen-bond donors (Lipinski definition) is 1. The van der Waals surface area contributed by atoms with Crippen molar-refractivity contribution in [2.24, 2.45) is 5.73 Å². The zero-order valence-corrected chi connectivity index (χ0v) is 11.0. The van der Waals surface area contributed by atoms with Crippen LogP contribution in [0, 0.1) is 11.6 Å². The first-order valence-corrected chi connectivity index (χ1v) is 6.52. The van der Waals surface area contributed by atoms with E-state index in [4.69, 9.17) is 5.73 Å². The van der Waals surface area contributed by atoms with Gasteiger partial charge in [0.2, 0.25) is 0 Å². The van der Waals surface area contributed by atoms with E-state index in [1.807, 2.05) is 13.8 Å². The third-order valence-corrected chi connectivity index (χ3v) is 4.05. The molecule has 0 spiro atoms. The van der Waals surface area contributed by atoms with Crippen molar-refractivity contribution in [2.45, 2.75) is 25.8 Å². The molecule has 5 heteroatoms. The molecule has 0 fully saturated rings. The van der Waals surface area contributed by atoms with Crippen LogP contribution >= 0.6 is 11.3 Å². The number of nitrogens with zero attached hydrogens (tertiary/aromatic N) is 1. The molecule has 0 aliphatic heterocycles. The van der Waals surface area contributed by atoms with Crippen LogP contribution in [0.5, 0.6) is 0 Å². The molecular formula is C13H14F2N2S. The minimum absolute atomic E-state index is 0.171. The Kier molecular flexibility index (Phi) is 3.45. The molecule has 1 aromatic heterocycles. The number of thiazole rings is 1. The van der Waals surface area contributed by atoms with Gasteiger partial charge in [-0.05, 0) is 31.5 Å². The lowest BCUT2D eigenvalue weighted by molar-refractivity contribution is 0.474. The van der Waals surface area contributed by atoms with Gasteiger partial charge in [-0.2, -0.15) is 0 Å². The first kappa shape index (κ1) is 13.1. The summed E-state index contributed by atoms with van der Waals surface area (Å²) in [6.07, 6.45) is 0.728. The van der Waals surface area contributed by atoms with Gasteiger partial charge in [0.25, 0.3) is 0 Å². The highest BCUT2D eigenvalue weighted by Crippen LogP contribution is 2.30. The Morgan fingerprint density at radius 2 is 2.11 bits per heavy atom. The number of benzene rings is 1. The molecule has 0 amide bonds. The third kappa shape index (κ3) is 2.42. The van der Waals surface area contributed by atoms with E-state index in [1.165, 1.54) is 11.3 Å². The van der Waals surface area contributed by atoms with E-state index in [0.29, 0.717) is 5.69 Å². The van der Waals surface area contributed by atoms with Crippen LogP contribution in [0.15, 0.2) is 23.6 Å². The molecule has 2 rings (SSSR count). The normalized spacial score (nSPS) is 14.5. The third-order valence-electron chi connectivity index (χ3n) is 2.93. The molecule has 1 atom stereocenters. The zero-order valence-electron chi connectivity index (χ0n) is 10.2. The van der Waals surface area contributed by atoms with Gasteiger partial charge in [-0.15, -0.1) is 11.3 Å². The average molecular weight is 268 g/mol. The van der Waals surface area contributed by atoms with Crippen LogP contribution < -0.4 is 5.73 Å². The number of nitrogens with two attached hydrogens (primary N) is 1. The van der Waals surface area contributed by atoms with Gasteiger partial charge in [-0.25, -0.2) is 13.8 Å². The maximum atomic E-state index is 13.6. The minimum Gasteiger partial charge on any atom is -0.320 e. The lowest BCUT2D eigenvalue weighted by Gasteiger charge is -2.18. The molecule has 0 bridgehead atoms. The molecule has 2 N–H and O–H groups in total. The Morgan fingerprint density at radius 1 is 1.39 bits per heavy atom. The number of aromatic nitrogens is 1. The fourth-order valence-corrected chi connectivity index (χ4v) is 2.47. The molecule has 96 valence electrons. The Bertz CT molecular complexity index is 564. The van der Waals surface area contributed by atoms with Crippen molar-refractivity contribution in [1.29, 1.82) is 0 Å². The van der Waals surface area contributed by atoms with Crippen LogP contribution in [-0.2, 0) is 5.54 Å². The van der Waals surface area contributed by atoms with Crippen molar-refractivity contribution in [3.8, 4) is 11.3 Å². The van der Waals surface area contributed by atoms with E-state index in [1.54, 1.807) is 5.38 Å². The summed E-state index contributed by atoms with van der Waals surface area (Å²) in [5.41, 5.74) is 6.14. The summed E-state index contributed by atoms with van der Waals surface area (Å²) in [5, 5.41) is 2.43. The largest absolute Gasteiger partial charge is 0.320 e. The molecule has 0 aliphatic carbocycles. The zero-order chi connectivity index (χ0) is 13.3. The number of hydrogen-bond acceptors (Lipinski definition) is 3. The summed E-state index contributed by atoms with van der Waals surface area (Å²) in [5.74, 6) is -0.963. The summed E-state index contributed by atoms with van der Waals surface area (Å²) >= 11 is 1.37. The highest BCUT2D eigenvalue weighted by Gasteiger charge is 2.23. The molecule has 1 aromatic carbocycles. The maximum Gasteiger partial charge on any atom is 0.132 e. The van der Waals surface area contributed by atoms with Crippen LogP contribution in [0.25, 0.3) is 11.3 Å². The van der Waals surface area contributed by atoms with Crippen LogP contribution in [0.3, 0.4) is 0 Å². The molecule has 0 saturated carbocycles. The van der Waals surface area contributed by atoms with Gasteiger partial charge in [0.1, 0.15) is 16.6 Å². The van der Waals surface area contributed by atoms with Crippen molar-refractivity contribution in [3.05, 3.63) is 40.2 Å². The van der Waals surface area contributed by atoms with Crippen LogP contribution in [0.4, 0.5) is 8.78 Å². The van der Waals surface area contributed by atoms with Gasteiger partial charge in [-0.1, -0.05) is 6.92 Å². The summed E-state index contributed by atoms with van der Waals surface area (Å²) < 4.78 is 26.7. The Balaban J connectivity index is 2.44. The van der Waals surface area contributed by atoms with E-state index >= 15 is 0 Å². The molecular weight excluding hydrogens is 254 g/mol. The standard InChI is InChI=1S/C13H14F2N2S/c1-3-13(2,16)12-17-11(7-18-12)9-6-8(14)4-5-10(9)15/h4-7H,3,16H2,1-2H3. The first-order chi connectivity index (χ1) is 8.44. The maximum absolute atomic E-state index is 13.6. The number of rotatable bonds is 3. The lowest BCUT2D eigenvalue weighted by atomic mass is 10.0. The Hall–Kier alpha value is -1.33. The molecule has 2 aromatic rings. The van der Waals surface area contributed by atoms with Crippen molar-refractivity contribution in [3.63, 3.8) is 0 Å². The van der Waals surface area contributed by atoms with Crippen molar-refractivity contribution >= 4 is 11.3 Å². The van der Waals surface area contributed by atoms with E-state index < -0.39 is 17.2 Å². The van der Waals surface area contributed by atoms with Crippen molar-refractivity contribution < 1.29 is 8.78 Å². The summed E-state index contributed by atoms with van der Waals surface area (Å²) in [6, 6.07) is 3.34. The minimum atomic E-state index is -0.535. The summed E-state index contributed by atoms with van der Waals surface area (Å²) in [4.78, 5) is 4.31. The van der Waals surface area contributed by atoms with Crippen molar-refractivity contribution in [2.75, 3.05) is 0 Å². The highest BCUT2D eigenvalue weighted by molar-refractivity contribution is 7.10. The monoisotopic (exact) mass is 268 g/mol. The van der Waals surface area contributed by atoms with E-state index in [9.17, 15) is 8.78 Å². The topological polar surface area (TPSA) is 38.9 Å². The van der Waals surface area contributed by atoms with E-state index in [0.717, 1.165) is 29.6 Å². The van der Waals surface area contributed by atoms with E-state index in [2.05, 4.69) is 4.98 Å². The summed E-state index contributed by atoms with van der Waals surface area (Å²) in [7, 11) is 0. The van der Waals surface area contributed by atoms with Gasteiger partial charge in [-0.3, -0.25) is 0 Å². The SMILES string of the molecule is CCC(C)(N)c1nc(-c2cc(F)ccc2F)cs1. The van der Waals surface area contributed by atoms with Crippen LogP contribution in [-0.4, -0.2) is 4.98 Å². The highest BCUT2D eigenvalue weighted by atomic mass is 32.1. The van der Waals surface area contributed by atoms with Crippen LogP contribution in [0.2, 0.25) is 0 Å². The fraction of sp³-hybridized carbons (Fsp3) is 0.308. The molecule has 1 unspecified atom stereocenters. The lowest BCUT2D eigenvalue weighted by Crippen LogP contribution is -2.31. The second-order valence-corrected chi connectivity index (χ2v) is 5.29. The van der Waals surface area contributed by atoms with Gasteiger partial charge < -0.3 is 5.73 Å².